The van der Waals surface area contributed by atoms with Crippen molar-refractivity contribution in [2.75, 3.05) is 13.1 Å². The zero-order valence-corrected chi connectivity index (χ0v) is 9.39. The van der Waals surface area contributed by atoms with Crippen molar-refractivity contribution in [2.45, 2.75) is 13.3 Å². The van der Waals surface area contributed by atoms with Crippen molar-refractivity contribution < 1.29 is 9.59 Å². The second-order valence-corrected chi connectivity index (χ2v) is 3.82. The largest absolute Gasteiger partial charge is 0.355 e. The van der Waals surface area contributed by atoms with Gasteiger partial charge in [0.15, 0.2) is 0 Å². The third-order valence-corrected chi connectivity index (χ3v) is 2.45. The topological polar surface area (TPSA) is 58.2 Å². The van der Waals surface area contributed by atoms with Gasteiger partial charge >= 0.3 is 0 Å². The van der Waals surface area contributed by atoms with E-state index in [1.54, 1.807) is 11.4 Å². The van der Waals surface area contributed by atoms with Crippen LogP contribution in [-0.4, -0.2) is 24.9 Å². The Labute approximate surface area is 92.7 Å². The smallest absolute Gasteiger partial charge is 0.252 e. The molecule has 5 heteroatoms. The van der Waals surface area contributed by atoms with Crippen LogP contribution in [0.4, 0.5) is 0 Å². The molecule has 0 fully saturated rings. The molecule has 1 aromatic rings. The molecule has 0 saturated heterocycles. The maximum atomic E-state index is 11.4. The van der Waals surface area contributed by atoms with E-state index in [1.165, 1.54) is 11.3 Å². The van der Waals surface area contributed by atoms with Gasteiger partial charge in [0.05, 0.1) is 6.54 Å². The van der Waals surface area contributed by atoms with Gasteiger partial charge in [0.1, 0.15) is 0 Å². The Morgan fingerprint density at radius 2 is 2.20 bits per heavy atom. The summed E-state index contributed by atoms with van der Waals surface area (Å²) < 4.78 is 0. The minimum Gasteiger partial charge on any atom is -0.355 e. The molecule has 0 atom stereocenters. The molecule has 0 bridgehead atoms. The number of thiophene rings is 1. The minimum atomic E-state index is -0.206. The molecule has 1 rings (SSSR count). The summed E-state index contributed by atoms with van der Waals surface area (Å²) in [6.07, 6.45) is 0.893. The van der Waals surface area contributed by atoms with E-state index < -0.39 is 0 Å². The van der Waals surface area contributed by atoms with Gasteiger partial charge in [0, 0.05) is 17.5 Å². The molecule has 2 N–H and O–H groups in total. The van der Waals surface area contributed by atoms with Crippen LogP contribution in [-0.2, 0) is 4.79 Å². The molecule has 0 aliphatic rings. The highest BCUT2D eigenvalue weighted by Gasteiger charge is 2.07. The van der Waals surface area contributed by atoms with Crippen molar-refractivity contribution in [3.63, 3.8) is 0 Å². The lowest BCUT2D eigenvalue weighted by atomic mass is 10.3. The summed E-state index contributed by atoms with van der Waals surface area (Å²) in [7, 11) is 0. The van der Waals surface area contributed by atoms with E-state index in [9.17, 15) is 9.59 Å². The number of amides is 2. The summed E-state index contributed by atoms with van der Waals surface area (Å²) in [6, 6.07) is 1.73. The van der Waals surface area contributed by atoms with Crippen LogP contribution in [0.1, 0.15) is 23.7 Å². The second-order valence-electron chi connectivity index (χ2n) is 3.04. The lowest BCUT2D eigenvalue weighted by Gasteiger charge is -2.04. The monoisotopic (exact) mass is 226 g/mol. The third kappa shape index (κ3) is 4.12. The fourth-order valence-electron chi connectivity index (χ4n) is 0.983. The van der Waals surface area contributed by atoms with Crippen LogP contribution in [0.15, 0.2) is 16.8 Å². The predicted molar refractivity (Wildman–Crippen MR) is 60.0 cm³/mol. The molecule has 82 valence electrons. The van der Waals surface area contributed by atoms with Crippen molar-refractivity contribution >= 4 is 23.2 Å². The molecule has 1 aromatic heterocycles. The minimum absolute atomic E-state index is 0.0364. The molecular formula is C10H14N2O2S. The Bertz CT molecular complexity index is 322. The number of hydrogen-bond donors (Lipinski definition) is 2. The highest BCUT2D eigenvalue weighted by molar-refractivity contribution is 7.08. The molecule has 0 aromatic carbocycles. The Hall–Kier alpha value is -1.36. The van der Waals surface area contributed by atoms with Crippen LogP contribution < -0.4 is 10.6 Å². The van der Waals surface area contributed by atoms with Gasteiger partial charge in [-0.3, -0.25) is 9.59 Å². The Morgan fingerprint density at radius 1 is 1.40 bits per heavy atom. The van der Waals surface area contributed by atoms with Crippen LogP contribution in [0.2, 0.25) is 0 Å². The maximum absolute atomic E-state index is 11.4. The van der Waals surface area contributed by atoms with E-state index >= 15 is 0 Å². The first-order valence-electron chi connectivity index (χ1n) is 4.81. The summed E-state index contributed by atoms with van der Waals surface area (Å²) in [4.78, 5) is 22.6. The normalized spacial score (nSPS) is 9.67. The Morgan fingerprint density at radius 3 is 2.80 bits per heavy atom. The lowest BCUT2D eigenvalue weighted by molar-refractivity contribution is -0.120. The standard InChI is InChI=1S/C10H14N2O2S/c1-2-4-11-9(13)6-12-10(14)8-3-5-15-7-8/h3,5,7H,2,4,6H2,1H3,(H,11,13)(H,12,14). The zero-order chi connectivity index (χ0) is 11.1. The highest BCUT2D eigenvalue weighted by atomic mass is 32.1. The molecule has 0 aliphatic carbocycles. The average molecular weight is 226 g/mol. The van der Waals surface area contributed by atoms with Crippen molar-refractivity contribution in [2.24, 2.45) is 0 Å². The van der Waals surface area contributed by atoms with E-state index in [1.807, 2.05) is 12.3 Å². The molecule has 0 aliphatic heterocycles. The van der Waals surface area contributed by atoms with E-state index in [-0.39, 0.29) is 18.4 Å². The van der Waals surface area contributed by atoms with Gasteiger partial charge < -0.3 is 10.6 Å². The van der Waals surface area contributed by atoms with Crippen molar-refractivity contribution in [1.82, 2.24) is 10.6 Å². The average Bonchev–Trinajstić information content (AvgIpc) is 2.76. The molecule has 0 saturated carbocycles. The molecule has 0 unspecified atom stereocenters. The fourth-order valence-corrected chi connectivity index (χ4v) is 1.62. The highest BCUT2D eigenvalue weighted by Crippen LogP contribution is 2.04. The van der Waals surface area contributed by atoms with Crippen molar-refractivity contribution in [3.8, 4) is 0 Å². The SMILES string of the molecule is CCCNC(=O)CNC(=O)c1ccsc1. The predicted octanol–water partition coefficient (Wildman–Crippen LogP) is 1.00. The molecular weight excluding hydrogens is 212 g/mol. The van der Waals surface area contributed by atoms with Gasteiger partial charge in [-0.05, 0) is 17.9 Å². The molecule has 1 heterocycles. The first-order chi connectivity index (χ1) is 7.24. The quantitative estimate of drug-likeness (QED) is 0.787. The van der Waals surface area contributed by atoms with Gasteiger partial charge in [0.25, 0.3) is 5.91 Å². The van der Waals surface area contributed by atoms with Gasteiger partial charge in [-0.15, -0.1) is 0 Å². The lowest BCUT2D eigenvalue weighted by Crippen LogP contribution is -2.37. The third-order valence-electron chi connectivity index (χ3n) is 1.77. The summed E-state index contributed by atoms with van der Waals surface area (Å²) >= 11 is 1.45. The first-order valence-corrected chi connectivity index (χ1v) is 5.75. The molecule has 0 radical (unpaired) electrons. The molecule has 2 amide bonds. The maximum Gasteiger partial charge on any atom is 0.252 e. The van der Waals surface area contributed by atoms with Crippen LogP contribution in [0.25, 0.3) is 0 Å². The van der Waals surface area contributed by atoms with Crippen LogP contribution in [0.5, 0.6) is 0 Å². The molecule has 4 nitrogen and oxygen atoms in total. The number of nitrogens with one attached hydrogen (secondary N) is 2. The summed E-state index contributed by atoms with van der Waals surface area (Å²) in [6.45, 7) is 2.66. The summed E-state index contributed by atoms with van der Waals surface area (Å²) in [5.74, 6) is -0.358. The van der Waals surface area contributed by atoms with Gasteiger partial charge in [0.2, 0.25) is 5.91 Å². The number of hydrogen-bond acceptors (Lipinski definition) is 3. The first kappa shape index (κ1) is 11.7. The van der Waals surface area contributed by atoms with Crippen LogP contribution in [0, 0.1) is 0 Å². The fraction of sp³-hybridized carbons (Fsp3) is 0.400. The summed E-state index contributed by atoms with van der Waals surface area (Å²) in [5.41, 5.74) is 0.600. The van der Waals surface area contributed by atoms with E-state index in [0.29, 0.717) is 12.1 Å². The van der Waals surface area contributed by atoms with Crippen LogP contribution in [0.3, 0.4) is 0 Å². The molecule has 0 spiro atoms. The second kappa shape index (κ2) is 6.19. The van der Waals surface area contributed by atoms with Gasteiger partial charge in [-0.1, -0.05) is 6.92 Å². The van der Waals surface area contributed by atoms with E-state index in [0.717, 1.165) is 6.42 Å². The van der Waals surface area contributed by atoms with Crippen molar-refractivity contribution in [1.29, 1.82) is 0 Å². The van der Waals surface area contributed by atoms with E-state index in [4.69, 9.17) is 0 Å². The van der Waals surface area contributed by atoms with Crippen LogP contribution >= 0.6 is 11.3 Å². The van der Waals surface area contributed by atoms with Crippen molar-refractivity contribution in [3.05, 3.63) is 22.4 Å². The van der Waals surface area contributed by atoms with Gasteiger partial charge in [-0.25, -0.2) is 0 Å². The molecule has 15 heavy (non-hydrogen) atoms. The number of carbonyl (C=O) groups excluding carboxylic acids is 2. The summed E-state index contributed by atoms with van der Waals surface area (Å²) in [5, 5.41) is 8.81. The Balaban J connectivity index is 2.25. The van der Waals surface area contributed by atoms with Gasteiger partial charge in [-0.2, -0.15) is 11.3 Å². The van der Waals surface area contributed by atoms with E-state index in [2.05, 4.69) is 10.6 Å². The number of carbonyl (C=O) groups is 2. The number of rotatable bonds is 5. The Kier molecular flexibility index (Phi) is 4.83. The zero-order valence-electron chi connectivity index (χ0n) is 8.58.